The van der Waals surface area contributed by atoms with E-state index in [4.69, 9.17) is 9.84 Å². The fraction of sp³-hybridized carbons (Fsp3) is 0.867. The Bertz CT molecular complexity index is 367. The number of unbranched alkanes of at least 4 members (excludes halogenated alkanes) is 2. The van der Waals surface area contributed by atoms with Crippen LogP contribution in [0.4, 0.5) is 4.79 Å². The number of hydrogen-bond acceptors (Lipinski definition) is 4. The van der Waals surface area contributed by atoms with Crippen LogP contribution in [0.5, 0.6) is 0 Å². The Labute approximate surface area is 131 Å². The predicted octanol–water partition coefficient (Wildman–Crippen LogP) is 3.72. The van der Waals surface area contributed by atoms with Crippen molar-refractivity contribution in [1.29, 1.82) is 0 Å². The fourth-order valence-electron chi connectivity index (χ4n) is 2.35. The van der Waals surface area contributed by atoms with Gasteiger partial charge in [-0.3, -0.25) is 9.69 Å². The highest BCUT2D eigenvalue weighted by molar-refractivity contribution is 8.00. The number of nitrogens with zero attached hydrogens (tertiary/aromatic N) is 1. The van der Waals surface area contributed by atoms with E-state index in [1.807, 2.05) is 20.8 Å². The van der Waals surface area contributed by atoms with Crippen molar-refractivity contribution in [2.45, 2.75) is 76.8 Å². The number of carboxylic acids is 1. The third kappa shape index (κ3) is 6.16. The molecule has 1 fully saturated rings. The lowest BCUT2D eigenvalue weighted by Crippen LogP contribution is -2.45. The Hall–Kier alpha value is -0.910. The Morgan fingerprint density at radius 1 is 1.33 bits per heavy atom. The summed E-state index contributed by atoms with van der Waals surface area (Å²) in [6, 6.07) is -0.269. The minimum Gasteiger partial charge on any atom is -0.481 e. The van der Waals surface area contributed by atoms with Gasteiger partial charge in [0.05, 0.1) is 17.8 Å². The molecule has 1 aliphatic heterocycles. The first-order chi connectivity index (χ1) is 9.74. The zero-order chi connectivity index (χ0) is 16.0. The molecule has 1 amide bonds. The van der Waals surface area contributed by atoms with E-state index in [9.17, 15) is 9.59 Å². The van der Waals surface area contributed by atoms with Gasteiger partial charge in [0.25, 0.3) is 0 Å². The van der Waals surface area contributed by atoms with Crippen LogP contribution in [0.2, 0.25) is 0 Å². The number of carbonyl (C=O) groups is 2. The summed E-state index contributed by atoms with van der Waals surface area (Å²) < 4.78 is 5.45. The van der Waals surface area contributed by atoms with E-state index in [1.54, 1.807) is 16.7 Å². The Balaban J connectivity index is 2.74. The average Bonchev–Trinajstić information content (AvgIpc) is 2.69. The van der Waals surface area contributed by atoms with E-state index in [2.05, 4.69) is 6.92 Å². The zero-order valence-electron chi connectivity index (χ0n) is 13.4. The molecule has 5 nitrogen and oxygen atoms in total. The van der Waals surface area contributed by atoms with Crippen LogP contribution >= 0.6 is 11.8 Å². The molecule has 0 bridgehead atoms. The molecule has 0 aliphatic carbocycles. The van der Waals surface area contributed by atoms with Crippen molar-refractivity contribution in [3.63, 3.8) is 0 Å². The number of ether oxygens (including phenoxy) is 1. The second-order valence-electron chi connectivity index (χ2n) is 6.42. The lowest BCUT2D eigenvalue weighted by molar-refractivity contribution is -0.138. The molecule has 1 N–H and O–H groups in total. The monoisotopic (exact) mass is 317 g/mol. The van der Waals surface area contributed by atoms with Gasteiger partial charge in [-0.2, -0.15) is 0 Å². The quantitative estimate of drug-likeness (QED) is 0.756. The van der Waals surface area contributed by atoms with Gasteiger partial charge in [-0.25, -0.2) is 4.79 Å². The lowest BCUT2D eigenvalue weighted by Gasteiger charge is -2.31. The highest BCUT2D eigenvalue weighted by atomic mass is 32.2. The van der Waals surface area contributed by atoms with Gasteiger partial charge in [0.1, 0.15) is 5.60 Å². The number of hydrogen-bond donors (Lipinski definition) is 1. The van der Waals surface area contributed by atoms with Gasteiger partial charge in [0.2, 0.25) is 0 Å². The molecule has 1 saturated heterocycles. The van der Waals surface area contributed by atoms with Crippen molar-refractivity contribution < 1.29 is 19.4 Å². The van der Waals surface area contributed by atoms with E-state index in [0.29, 0.717) is 5.75 Å². The number of carboxylic acid groups (broad SMARTS) is 1. The molecule has 0 radical (unpaired) electrons. The van der Waals surface area contributed by atoms with Crippen molar-refractivity contribution in [2.24, 2.45) is 0 Å². The molecule has 1 rings (SSSR count). The molecule has 0 aromatic rings. The van der Waals surface area contributed by atoms with E-state index >= 15 is 0 Å². The Kier molecular flexibility index (Phi) is 6.84. The summed E-state index contributed by atoms with van der Waals surface area (Å²) in [5.41, 5.74) is -0.563. The van der Waals surface area contributed by atoms with Crippen molar-refractivity contribution in [2.75, 3.05) is 5.75 Å². The molecular weight excluding hydrogens is 290 g/mol. The maximum atomic E-state index is 12.4. The van der Waals surface area contributed by atoms with Crippen molar-refractivity contribution in [3.05, 3.63) is 0 Å². The van der Waals surface area contributed by atoms with E-state index in [-0.39, 0.29) is 23.9 Å². The van der Waals surface area contributed by atoms with Gasteiger partial charge in [0, 0.05) is 5.75 Å². The van der Waals surface area contributed by atoms with E-state index < -0.39 is 11.6 Å². The van der Waals surface area contributed by atoms with Crippen molar-refractivity contribution in [1.82, 2.24) is 4.90 Å². The fourth-order valence-corrected chi connectivity index (χ4v) is 3.82. The SMILES string of the molecule is CCCCCC1SCC(CC(=O)O)N1C(=O)OC(C)(C)C. The molecule has 0 spiro atoms. The minimum absolute atomic E-state index is 0.0173. The second kappa shape index (κ2) is 7.92. The number of aliphatic carboxylic acids is 1. The summed E-state index contributed by atoms with van der Waals surface area (Å²) >= 11 is 1.67. The smallest absolute Gasteiger partial charge is 0.411 e. The summed E-state index contributed by atoms with van der Waals surface area (Å²) in [5, 5.41) is 9.06. The molecule has 6 heteroatoms. The lowest BCUT2D eigenvalue weighted by atomic mass is 10.1. The van der Waals surface area contributed by atoms with Gasteiger partial charge in [0.15, 0.2) is 0 Å². The normalized spacial score (nSPS) is 22.4. The molecular formula is C15H27NO4S. The van der Waals surface area contributed by atoms with Gasteiger partial charge in [-0.15, -0.1) is 11.8 Å². The second-order valence-corrected chi connectivity index (χ2v) is 7.63. The average molecular weight is 317 g/mol. The maximum absolute atomic E-state index is 12.4. The molecule has 0 saturated carbocycles. The number of thioether (sulfide) groups is 1. The summed E-state index contributed by atoms with van der Waals surface area (Å²) in [6.07, 6.45) is 3.79. The Morgan fingerprint density at radius 3 is 2.52 bits per heavy atom. The van der Waals surface area contributed by atoms with Crippen molar-refractivity contribution >= 4 is 23.8 Å². The molecule has 1 aliphatic rings. The first-order valence-corrected chi connectivity index (χ1v) is 8.64. The number of amides is 1. The molecule has 2 unspecified atom stereocenters. The van der Waals surface area contributed by atoms with Crippen LogP contribution in [0.3, 0.4) is 0 Å². The van der Waals surface area contributed by atoms with E-state index in [1.165, 1.54) is 0 Å². The summed E-state index contributed by atoms with van der Waals surface area (Å²) in [6.45, 7) is 7.62. The molecule has 2 atom stereocenters. The topological polar surface area (TPSA) is 66.8 Å². The molecule has 122 valence electrons. The highest BCUT2D eigenvalue weighted by Crippen LogP contribution is 2.35. The zero-order valence-corrected chi connectivity index (χ0v) is 14.2. The molecule has 0 aromatic carbocycles. The Morgan fingerprint density at radius 2 is 2.00 bits per heavy atom. The van der Waals surface area contributed by atoms with Crippen molar-refractivity contribution in [3.8, 4) is 0 Å². The predicted molar refractivity (Wildman–Crippen MR) is 84.5 cm³/mol. The van der Waals surface area contributed by atoms with Crippen LogP contribution in [0.15, 0.2) is 0 Å². The maximum Gasteiger partial charge on any atom is 0.411 e. The molecule has 0 aromatic heterocycles. The largest absolute Gasteiger partial charge is 0.481 e. The third-order valence-electron chi connectivity index (χ3n) is 3.25. The molecule has 1 heterocycles. The van der Waals surface area contributed by atoms with Gasteiger partial charge >= 0.3 is 12.1 Å². The van der Waals surface area contributed by atoms with Gasteiger partial charge < -0.3 is 9.84 Å². The van der Waals surface area contributed by atoms with E-state index in [0.717, 1.165) is 25.7 Å². The summed E-state index contributed by atoms with van der Waals surface area (Å²) in [5.74, 6) is -0.203. The standard InChI is InChI=1S/C15H27NO4S/c1-5-6-7-8-12-16(14(19)20-15(2,3)4)11(10-21-12)9-13(17)18/h11-12H,5-10H2,1-4H3,(H,17,18). The summed E-state index contributed by atoms with van der Waals surface area (Å²) in [7, 11) is 0. The van der Waals surface area contributed by atoms with Gasteiger partial charge in [-0.1, -0.05) is 26.2 Å². The van der Waals surface area contributed by atoms with Crippen LogP contribution in [0.25, 0.3) is 0 Å². The van der Waals surface area contributed by atoms with Crippen LogP contribution in [0, 0.1) is 0 Å². The molecule has 21 heavy (non-hydrogen) atoms. The third-order valence-corrected chi connectivity index (χ3v) is 4.68. The summed E-state index contributed by atoms with van der Waals surface area (Å²) in [4.78, 5) is 25.0. The first kappa shape index (κ1) is 18.1. The minimum atomic E-state index is -0.872. The van der Waals surface area contributed by atoms with Gasteiger partial charge in [-0.05, 0) is 27.2 Å². The highest BCUT2D eigenvalue weighted by Gasteiger charge is 2.40. The number of rotatable bonds is 6. The van der Waals surface area contributed by atoms with Crippen LogP contribution in [-0.2, 0) is 9.53 Å². The van der Waals surface area contributed by atoms with Crippen LogP contribution in [-0.4, -0.2) is 44.8 Å². The first-order valence-electron chi connectivity index (χ1n) is 7.59. The van der Waals surface area contributed by atoms with Crippen LogP contribution in [0.1, 0.15) is 59.8 Å². The van der Waals surface area contributed by atoms with Crippen LogP contribution < -0.4 is 0 Å². The number of carbonyl (C=O) groups excluding carboxylic acids is 1.